The number of hydrogen-bond acceptors (Lipinski definition) is 3. The lowest BCUT2D eigenvalue weighted by Crippen LogP contribution is -2.44. The molecule has 18 heavy (non-hydrogen) atoms. The van der Waals surface area contributed by atoms with Gasteiger partial charge in [0.15, 0.2) is 0 Å². The zero-order chi connectivity index (χ0) is 13.3. The first kappa shape index (κ1) is 13.8. The Bertz CT molecular complexity index is 545. The van der Waals surface area contributed by atoms with E-state index in [2.05, 4.69) is 4.72 Å². The molecule has 0 amide bonds. The molecule has 0 bridgehead atoms. The third-order valence-electron chi connectivity index (χ3n) is 3.38. The number of halogens is 1. The molecule has 3 N–H and O–H groups in total. The molecule has 1 aliphatic carbocycles. The van der Waals surface area contributed by atoms with E-state index in [0.717, 1.165) is 19.3 Å². The van der Waals surface area contributed by atoms with E-state index in [-0.39, 0.29) is 17.0 Å². The molecule has 1 saturated carbocycles. The SMILES string of the molecule is Cc1c(Cl)cccc1S(=O)(=O)NC1CCCC1N. The lowest BCUT2D eigenvalue weighted by molar-refractivity contribution is 0.522. The summed E-state index contributed by atoms with van der Waals surface area (Å²) in [5.74, 6) is 0. The van der Waals surface area contributed by atoms with Crippen LogP contribution in [0.3, 0.4) is 0 Å². The highest BCUT2D eigenvalue weighted by Gasteiger charge is 2.29. The van der Waals surface area contributed by atoms with Crippen LogP contribution in [0.25, 0.3) is 0 Å². The molecule has 100 valence electrons. The van der Waals surface area contributed by atoms with E-state index in [1.165, 1.54) is 0 Å². The van der Waals surface area contributed by atoms with Gasteiger partial charge in [-0.3, -0.25) is 0 Å². The molecule has 2 atom stereocenters. The fraction of sp³-hybridized carbons (Fsp3) is 0.500. The number of benzene rings is 1. The normalized spacial score (nSPS) is 24.4. The molecule has 2 unspecified atom stereocenters. The summed E-state index contributed by atoms with van der Waals surface area (Å²) in [6.07, 6.45) is 2.62. The van der Waals surface area contributed by atoms with Gasteiger partial charge in [-0.2, -0.15) is 0 Å². The van der Waals surface area contributed by atoms with Crippen molar-refractivity contribution in [2.75, 3.05) is 0 Å². The van der Waals surface area contributed by atoms with Crippen LogP contribution in [0.15, 0.2) is 23.1 Å². The van der Waals surface area contributed by atoms with Crippen molar-refractivity contribution in [3.63, 3.8) is 0 Å². The second-order valence-electron chi connectivity index (χ2n) is 4.69. The summed E-state index contributed by atoms with van der Waals surface area (Å²) in [5.41, 5.74) is 6.45. The van der Waals surface area contributed by atoms with Gasteiger partial charge in [-0.15, -0.1) is 0 Å². The molecule has 0 aromatic heterocycles. The van der Waals surface area contributed by atoms with Crippen LogP contribution in [0.5, 0.6) is 0 Å². The largest absolute Gasteiger partial charge is 0.326 e. The molecule has 1 aliphatic rings. The van der Waals surface area contributed by atoms with Crippen LogP contribution >= 0.6 is 11.6 Å². The van der Waals surface area contributed by atoms with E-state index in [4.69, 9.17) is 17.3 Å². The summed E-state index contributed by atoms with van der Waals surface area (Å²) in [7, 11) is -3.54. The third kappa shape index (κ3) is 2.69. The van der Waals surface area contributed by atoms with Gasteiger partial charge in [0.05, 0.1) is 4.90 Å². The monoisotopic (exact) mass is 288 g/mol. The summed E-state index contributed by atoms with van der Waals surface area (Å²) >= 11 is 5.95. The van der Waals surface area contributed by atoms with Gasteiger partial charge >= 0.3 is 0 Å². The Morgan fingerprint density at radius 1 is 1.39 bits per heavy atom. The third-order valence-corrected chi connectivity index (χ3v) is 5.43. The van der Waals surface area contributed by atoms with Crippen molar-refractivity contribution in [2.24, 2.45) is 5.73 Å². The molecule has 1 aromatic rings. The highest BCUT2D eigenvalue weighted by molar-refractivity contribution is 7.89. The molecular formula is C12H17ClN2O2S. The van der Waals surface area contributed by atoms with Crippen LogP contribution in [0, 0.1) is 6.92 Å². The highest BCUT2D eigenvalue weighted by atomic mass is 35.5. The van der Waals surface area contributed by atoms with Crippen LogP contribution in [0.1, 0.15) is 24.8 Å². The zero-order valence-corrected chi connectivity index (χ0v) is 11.8. The second kappa shape index (κ2) is 5.17. The van der Waals surface area contributed by atoms with E-state index >= 15 is 0 Å². The van der Waals surface area contributed by atoms with E-state index in [0.29, 0.717) is 10.6 Å². The summed E-state index contributed by atoms with van der Waals surface area (Å²) < 4.78 is 27.2. The van der Waals surface area contributed by atoms with Crippen LogP contribution in [0.2, 0.25) is 5.02 Å². The molecule has 0 spiro atoms. The quantitative estimate of drug-likeness (QED) is 0.891. The van der Waals surface area contributed by atoms with Gasteiger partial charge < -0.3 is 5.73 Å². The summed E-state index contributed by atoms with van der Waals surface area (Å²) in [6.45, 7) is 1.70. The zero-order valence-electron chi connectivity index (χ0n) is 10.2. The molecule has 0 aliphatic heterocycles. The first-order valence-electron chi connectivity index (χ1n) is 5.95. The summed E-state index contributed by atoms with van der Waals surface area (Å²) in [6, 6.07) is 4.60. The fourth-order valence-electron chi connectivity index (χ4n) is 2.28. The Kier molecular flexibility index (Phi) is 3.96. The Morgan fingerprint density at radius 2 is 2.11 bits per heavy atom. The van der Waals surface area contributed by atoms with Crippen molar-refractivity contribution in [3.05, 3.63) is 28.8 Å². The van der Waals surface area contributed by atoms with Crippen molar-refractivity contribution >= 4 is 21.6 Å². The molecule has 0 radical (unpaired) electrons. The Morgan fingerprint density at radius 3 is 2.72 bits per heavy atom. The molecule has 6 heteroatoms. The Balaban J connectivity index is 2.28. The van der Waals surface area contributed by atoms with Crippen molar-refractivity contribution in [3.8, 4) is 0 Å². The van der Waals surface area contributed by atoms with Gasteiger partial charge in [-0.25, -0.2) is 13.1 Å². The topological polar surface area (TPSA) is 72.2 Å². The van der Waals surface area contributed by atoms with Gasteiger partial charge in [0.25, 0.3) is 0 Å². The van der Waals surface area contributed by atoms with E-state index in [9.17, 15) is 8.42 Å². The molecule has 0 saturated heterocycles. The Labute approximate surface area is 113 Å². The summed E-state index contributed by atoms with van der Waals surface area (Å²) in [5, 5.41) is 0.452. The van der Waals surface area contributed by atoms with Crippen molar-refractivity contribution in [1.29, 1.82) is 0 Å². The van der Waals surface area contributed by atoms with Crippen LogP contribution in [-0.4, -0.2) is 20.5 Å². The molecule has 1 aromatic carbocycles. The van der Waals surface area contributed by atoms with E-state index in [1.807, 2.05) is 0 Å². The Hall–Kier alpha value is -0.620. The van der Waals surface area contributed by atoms with Gasteiger partial charge in [0.1, 0.15) is 0 Å². The maximum atomic E-state index is 12.3. The predicted molar refractivity (Wildman–Crippen MR) is 72.1 cm³/mol. The smallest absolute Gasteiger partial charge is 0.241 e. The van der Waals surface area contributed by atoms with Gasteiger partial charge in [-0.1, -0.05) is 24.1 Å². The van der Waals surface area contributed by atoms with Crippen LogP contribution < -0.4 is 10.5 Å². The maximum absolute atomic E-state index is 12.3. The predicted octanol–water partition coefficient (Wildman–Crippen LogP) is 1.81. The summed E-state index contributed by atoms with van der Waals surface area (Å²) in [4.78, 5) is 0.231. The van der Waals surface area contributed by atoms with Crippen molar-refractivity contribution < 1.29 is 8.42 Å². The first-order valence-corrected chi connectivity index (χ1v) is 7.81. The van der Waals surface area contributed by atoms with Gasteiger partial charge in [0, 0.05) is 17.1 Å². The van der Waals surface area contributed by atoms with Gasteiger partial charge in [-0.05, 0) is 37.5 Å². The number of sulfonamides is 1. The standard InChI is InChI=1S/C12H17ClN2O2S/c1-8-9(13)4-2-7-12(8)18(16,17)15-11-6-3-5-10(11)14/h2,4,7,10-11,15H,3,5-6,14H2,1H3. The minimum absolute atomic E-state index is 0.0979. The van der Waals surface area contributed by atoms with Crippen LogP contribution in [0.4, 0.5) is 0 Å². The van der Waals surface area contributed by atoms with Crippen LogP contribution in [-0.2, 0) is 10.0 Å². The molecule has 2 rings (SSSR count). The minimum Gasteiger partial charge on any atom is -0.326 e. The number of nitrogens with one attached hydrogen (secondary N) is 1. The average molecular weight is 289 g/mol. The number of rotatable bonds is 3. The number of nitrogens with two attached hydrogens (primary N) is 1. The van der Waals surface area contributed by atoms with E-state index in [1.54, 1.807) is 25.1 Å². The molecule has 0 heterocycles. The average Bonchev–Trinajstić information content (AvgIpc) is 2.67. The first-order chi connectivity index (χ1) is 8.42. The van der Waals surface area contributed by atoms with Gasteiger partial charge in [0.2, 0.25) is 10.0 Å². The fourth-order valence-corrected chi connectivity index (χ4v) is 4.10. The second-order valence-corrected chi connectivity index (χ2v) is 6.78. The molecular weight excluding hydrogens is 272 g/mol. The van der Waals surface area contributed by atoms with Crippen molar-refractivity contribution in [2.45, 2.75) is 43.2 Å². The minimum atomic E-state index is -3.54. The van der Waals surface area contributed by atoms with Crippen molar-refractivity contribution in [1.82, 2.24) is 4.72 Å². The highest BCUT2D eigenvalue weighted by Crippen LogP contribution is 2.25. The lowest BCUT2D eigenvalue weighted by atomic mass is 10.2. The molecule has 1 fully saturated rings. The maximum Gasteiger partial charge on any atom is 0.241 e. The molecule has 4 nitrogen and oxygen atoms in total. The lowest BCUT2D eigenvalue weighted by Gasteiger charge is -2.18. The van der Waals surface area contributed by atoms with E-state index < -0.39 is 10.0 Å². The number of hydrogen-bond donors (Lipinski definition) is 2.